The highest BCUT2D eigenvalue weighted by Crippen LogP contribution is 2.35. The first-order valence-electron chi connectivity index (χ1n) is 9.55. The molecular weight excluding hydrogens is 516 g/mol. The zero-order valence-corrected chi connectivity index (χ0v) is 19.5. The van der Waals surface area contributed by atoms with E-state index in [1.165, 1.54) is 37.3 Å². The van der Waals surface area contributed by atoms with Gasteiger partial charge in [-0.25, -0.2) is 4.98 Å². The molecule has 0 N–H and O–H groups in total. The summed E-state index contributed by atoms with van der Waals surface area (Å²) in [4.78, 5) is 16.4. The molecule has 0 spiro atoms. The smallest absolute Gasteiger partial charge is 0.417 e. The summed E-state index contributed by atoms with van der Waals surface area (Å²) in [6.45, 7) is 1.48. The lowest BCUT2D eigenvalue weighted by Gasteiger charge is -2.18. The van der Waals surface area contributed by atoms with E-state index in [1.54, 1.807) is 12.1 Å². The van der Waals surface area contributed by atoms with Crippen LogP contribution in [0.25, 0.3) is 0 Å². The molecule has 2 atom stereocenters. The van der Waals surface area contributed by atoms with Crippen LogP contribution in [0.15, 0.2) is 54.7 Å². The number of ether oxygens (including phenoxy) is 2. The molecule has 1 aromatic heterocycles. The van der Waals surface area contributed by atoms with Gasteiger partial charge >= 0.3 is 6.18 Å². The summed E-state index contributed by atoms with van der Waals surface area (Å²) in [6, 6.07) is 13.1. The summed E-state index contributed by atoms with van der Waals surface area (Å²) in [7, 11) is 0. The maximum Gasteiger partial charge on any atom is 0.417 e. The minimum atomic E-state index is -4.59. The summed E-state index contributed by atoms with van der Waals surface area (Å²) < 4.78 is 49.5. The molecule has 0 aliphatic carbocycles. The Labute approximate surface area is 207 Å². The van der Waals surface area contributed by atoms with E-state index in [-0.39, 0.29) is 27.4 Å². The Morgan fingerprint density at radius 2 is 1.74 bits per heavy atom. The van der Waals surface area contributed by atoms with Crippen LogP contribution in [0.5, 0.6) is 17.4 Å². The van der Waals surface area contributed by atoms with Gasteiger partial charge in [0.25, 0.3) is 0 Å². The highest BCUT2D eigenvalue weighted by molar-refractivity contribution is 6.42. The van der Waals surface area contributed by atoms with Crippen LogP contribution >= 0.6 is 34.8 Å². The molecule has 3 aromatic rings. The van der Waals surface area contributed by atoms with Gasteiger partial charge in [0.05, 0.1) is 21.7 Å². The summed E-state index contributed by atoms with van der Waals surface area (Å²) in [5, 5.41) is 9.69. The van der Waals surface area contributed by atoms with Gasteiger partial charge in [0.15, 0.2) is 11.9 Å². The summed E-state index contributed by atoms with van der Waals surface area (Å²) in [5.41, 5.74) is -0.638. The van der Waals surface area contributed by atoms with Crippen LogP contribution in [0.3, 0.4) is 0 Å². The number of pyridine rings is 1. The van der Waals surface area contributed by atoms with Gasteiger partial charge in [-0.1, -0.05) is 46.9 Å². The Morgan fingerprint density at radius 1 is 1.03 bits per heavy atom. The Hall–Kier alpha value is -2.99. The van der Waals surface area contributed by atoms with E-state index in [1.807, 2.05) is 6.07 Å². The quantitative estimate of drug-likeness (QED) is 0.317. The zero-order valence-electron chi connectivity index (χ0n) is 17.2. The molecule has 0 amide bonds. The second-order valence-electron chi connectivity index (χ2n) is 6.98. The van der Waals surface area contributed by atoms with Crippen molar-refractivity contribution in [3.05, 3.63) is 80.9 Å². The van der Waals surface area contributed by atoms with E-state index >= 15 is 0 Å². The normalized spacial score (nSPS) is 13.0. The minimum absolute atomic E-state index is 0.160. The van der Waals surface area contributed by atoms with Crippen LogP contribution in [0, 0.1) is 11.3 Å². The van der Waals surface area contributed by atoms with Crippen molar-refractivity contribution in [2.24, 2.45) is 0 Å². The standard InChI is InChI=1S/C23H14Cl3F3N2O3/c1-12(21(32)17(10-30)13-5-6-18(24)19(25)7-13)33-15-3-2-4-16(9-15)34-22-20(26)8-14(11-31-22)23(27,28)29/h2-9,11-12,17H,1H3. The number of halogens is 6. The third-order valence-corrected chi connectivity index (χ3v) is 5.57. The minimum Gasteiger partial charge on any atom is -0.483 e. The van der Waals surface area contributed by atoms with Gasteiger partial charge in [0.2, 0.25) is 5.88 Å². The molecule has 34 heavy (non-hydrogen) atoms. The second-order valence-corrected chi connectivity index (χ2v) is 8.21. The fraction of sp³-hybridized carbons (Fsp3) is 0.174. The number of alkyl halides is 3. The number of rotatable bonds is 7. The molecule has 0 fully saturated rings. The number of hydrogen-bond acceptors (Lipinski definition) is 5. The molecule has 176 valence electrons. The second kappa shape index (κ2) is 10.5. The van der Waals surface area contributed by atoms with Crippen molar-refractivity contribution in [1.82, 2.24) is 4.98 Å². The number of nitrogens with zero attached hydrogens (tertiary/aromatic N) is 2. The molecule has 11 heteroatoms. The van der Waals surface area contributed by atoms with E-state index in [0.717, 1.165) is 0 Å². The molecule has 5 nitrogen and oxygen atoms in total. The summed E-state index contributed by atoms with van der Waals surface area (Å²) >= 11 is 17.7. The van der Waals surface area contributed by atoms with Crippen molar-refractivity contribution >= 4 is 40.6 Å². The molecule has 1 heterocycles. The number of hydrogen-bond donors (Lipinski definition) is 0. The molecule has 0 radical (unpaired) electrons. The first-order valence-corrected chi connectivity index (χ1v) is 10.7. The Kier molecular flexibility index (Phi) is 7.93. The molecule has 3 rings (SSSR count). The fourth-order valence-electron chi connectivity index (χ4n) is 2.87. The van der Waals surface area contributed by atoms with Gasteiger partial charge < -0.3 is 9.47 Å². The lowest BCUT2D eigenvalue weighted by atomic mass is 9.93. The number of ketones is 1. The predicted molar refractivity (Wildman–Crippen MR) is 121 cm³/mol. The highest BCUT2D eigenvalue weighted by Gasteiger charge is 2.32. The third-order valence-electron chi connectivity index (χ3n) is 4.56. The largest absolute Gasteiger partial charge is 0.483 e. The topological polar surface area (TPSA) is 72.2 Å². The molecule has 2 unspecified atom stereocenters. The SMILES string of the molecule is CC(Oc1cccc(Oc2ncc(C(F)(F)F)cc2Cl)c1)C(=O)C(C#N)c1ccc(Cl)c(Cl)c1. The number of Topliss-reactive ketones (excluding diaryl/α,β-unsaturated/α-hetero) is 1. The van der Waals surface area contributed by atoms with Crippen LogP contribution in [-0.2, 0) is 11.0 Å². The maximum atomic E-state index is 12.8. The van der Waals surface area contributed by atoms with Crippen molar-refractivity contribution in [3.8, 4) is 23.4 Å². The number of aromatic nitrogens is 1. The van der Waals surface area contributed by atoms with Crippen LogP contribution in [0.1, 0.15) is 24.0 Å². The lowest BCUT2D eigenvalue weighted by molar-refractivity contribution is -0.137. The third kappa shape index (κ3) is 6.11. The maximum absolute atomic E-state index is 12.8. The van der Waals surface area contributed by atoms with Crippen molar-refractivity contribution in [2.45, 2.75) is 25.1 Å². The molecular formula is C23H14Cl3F3N2O3. The summed E-state index contributed by atoms with van der Waals surface area (Å²) in [5.74, 6) is -1.51. The highest BCUT2D eigenvalue weighted by atomic mass is 35.5. The van der Waals surface area contributed by atoms with E-state index in [2.05, 4.69) is 4.98 Å². The van der Waals surface area contributed by atoms with Crippen LogP contribution < -0.4 is 9.47 Å². The molecule has 0 saturated heterocycles. The fourth-order valence-corrected chi connectivity index (χ4v) is 3.38. The van der Waals surface area contributed by atoms with Gasteiger partial charge in [0.1, 0.15) is 22.4 Å². The van der Waals surface area contributed by atoms with Crippen LogP contribution in [0.4, 0.5) is 13.2 Å². The van der Waals surface area contributed by atoms with Crippen LogP contribution in [0.2, 0.25) is 15.1 Å². The molecule has 0 aliphatic rings. The Morgan fingerprint density at radius 3 is 2.35 bits per heavy atom. The number of nitriles is 1. The average Bonchev–Trinajstić information content (AvgIpc) is 2.77. The lowest BCUT2D eigenvalue weighted by Crippen LogP contribution is -2.28. The van der Waals surface area contributed by atoms with E-state index in [0.29, 0.717) is 22.8 Å². The van der Waals surface area contributed by atoms with Gasteiger partial charge in [-0.15, -0.1) is 0 Å². The Bertz CT molecular complexity index is 1260. The number of carbonyl (C=O) groups is 1. The van der Waals surface area contributed by atoms with Gasteiger partial charge in [-0.3, -0.25) is 4.79 Å². The first kappa shape index (κ1) is 25.6. The first-order chi connectivity index (χ1) is 16.0. The van der Waals surface area contributed by atoms with Crippen LogP contribution in [-0.4, -0.2) is 16.9 Å². The molecule has 0 aliphatic heterocycles. The van der Waals surface area contributed by atoms with E-state index < -0.39 is 29.5 Å². The van der Waals surface area contributed by atoms with Gasteiger partial charge in [0, 0.05) is 12.3 Å². The molecule has 0 saturated carbocycles. The van der Waals surface area contributed by atoms with Crippen molar-refractivity contribution in [1.29, 1.82) is 5.26 Å². The zero-order chi connectivity index (χ0) is 25.0. The summed E-state index contributed by atoms with van der Waals surface area (Å²) in [6.07, 6.45) is -5.01. The van der Waals surface area contributed by atoms with Gasteiger partial charge in [-0.2, -0.15) is 18.4 Å². The van der Waals surface area contributed by atoms with E-state index in [9.17, 15) is 23.2 Å². The molecule has 0 bridgehead atoms. The predicted octanol–water partition coefficient (Wildman–Crippen LogP) is 7.50. The number of benzene rings is 2. The van der Waals surface area contributed by atoms with E-state index in [4.69, 9.17) is 44.3 Å². The van der Waals surface area contributed by atoms with Crippen molar-refractivity contribution in [3.63, 3.8) is 0 Å². The van der Waals surface area contributed by atoms with Crippen molar-refractivity contribution < 1.29 is 27.4 Å². The van der Waals surface area contributed by atoms with Crippen molar-refractivity contribution in [2.75, 3.05) is 0 Å². The van der Waals surface area contributed by atoms with Gasteiger partial charge in [-0.05, 0) is 42.8 Å². The Balaban J connectivity index is 1.74. The molecule has 2 aromatic carbocycles. The number of carbonyl (C=O) groups excluding carboxylic acids is 1. The average molecular weight is 530 g/mol. The monoisotopic (exact) mass is 528 g/mol.